The Morgan fingerprint density at radius 2 is 2.00 bits per heavy atom. The number of benzene rings is 1. The lowest BCUT2D eigenvalue weighted by molar-refractivity contribution is -0.145. The van der Waals surface area contributed by atoms with Gasteiger partial charge in [0.25, 0.3) is 0 Å². The van der Waals surface area contributed by atoms with Crippen LogP contribution in [-0.4, -0.2) is 12.5 Å². The Kier molecular flexibility index (Phi) is 6.98. The lowest BCUT2D eigenvalue weighted by atomic mass is 10.0. The summed E-state index contributed by atoms with van der Waals surface area (Å²) in [6, 6.07) is 7.75. The molecule has 1 rings (SSSR count). The maximum atomic E-state index is 11.5. The van der Waals surface area contributed by atoms with Crippen molar-refractivity contribution in [2.75, 3.05) is 6.54 Å². The fourth-order valence-corrected chi connectivity index (χ4v) is 1.87. The van der Waals surface area contributed by atoms with E-state index < -0.39 is 0 Å². The van der Waals surface area contributed by atoms with Crippen LogP contribution in [0, 0.1) is 5.92 Å². The normalized spacial score (nSPS) is 12.2. The van der Waals surface area contributed by atoms with Crippen LogP contribution in [0.2, 0.25) is 0 Å². The smallest absolute Gasteiger partial charge is 0.306 e. The van der Waals surface area contributed by atoms with E-state index in [4.69, 9.17) is 10.5 Å². The van der Waals surface area contributed by atoms with Gasteiger partial charge in [0.15, 0.2) is 0 Å². The highest BCUT2D eigenvalue weighted by molar-refractivity contribution is 9.10. The van der Waals surface area contributed by atoms with Crippen LogP contribution in [-0.2, 0) is 16.1 Å². The number of ether oxygens (including phenoxy) is 1. The van der Waals surface area contributed by atoms with E-state index in [-0.39, 0.29) is 5.97 Å². The molecule has 2 N–H and O–H groups in total. The zero-order valence-electron chi connectivity index (χ0n) is 10.7. The second-order valence-electron chi connectivity index (χ2n) is 4.51. The summed E-state index contributed by atoms with van der Waals surface area (Å²) in [5, 5.41) is 0. The van der Waals surface area contributed by atoms with Crippen LogP contribution < -0.4 is 5.73 Å². The Hall–Kier alpha value is -0.870. The summed E-state index contributed by atoms with van der Waals surface area (Å²) in [5.74, 6) is 0.344. The molecule has 0 spiro atoms. The minimum Gasteiger partial charge on any atom is -0.461 e. The SMILES string of the molecule is CC(CCN)CCC(=O)OCc1ccc(Br)cc1. The van der Waals surface area contributed by atoms with Crippen LogP contribution >= 0.6 is 15.9 Å². The summed E-state index contributed by atoms with van der Waals surface area (Å²) in [5.41, 5.74) is 6.46. The van der Waals surface area contributed by atoms with Crippen molar-refractivity contribution < 1.29 is 9.53 Å². The molecule has 1 atom stereocenters. The quantitative estimate of drug-likeness (QED) is 0.786. The number of rotatable bonds is 7. The van der Waals surface area contributed by atoms with Crippen molar-refractivity contribution in [3.05, 3.63) is 34.3 Å². The van der Waals surface area contributed by atoms with Gasteiger partial charge in [-0.3, -0.25) is 4.79 Å². The third kappa shape index (κ3) is 6.17. The molecule has 3 nitrogen and oxygen atoms in total. The molecule has 0 aliphatic carbocycles. The fourth-order valence-electron chi connectivity index (χ4n) is 1.61. The molecule has 0 amide bonds. The standard InChI is InChI=1S/C14H20BrNO2/c1-11(8-9-16)2-7-14(17)18-10-12-3-5-13(15)6-4-12/h3-6,11H,2,7-10,16H2,1H3. The molecule has 1 aromatic rings. The Labute approximate surface area is 117 Å². The van der Waals surface area contributed by atoms with Crippen LogP contribution in [0.4, 0.5) is 0 Å². The first-order chi connectivity index (χ1) is 8.61. The van der Waals surface area contributed by atoms with Crippen LogP contribution in [0.3, 0.4) is 0 Å². The van der Waals surface area contributed by atoms with Gasteiger partial charge in [-0.2, -0.15) is 0 Å². The molecule has 18 heavy (non-hydrogen) atoms. The number of esters is 1. The molecule has 0 fully saturated rings. The maximum absolute atomic E-state index is 11.5. The highest BCUT2D eigenvalue weighted by Gasteiger charge is 2.07. The Bertz CT molecular complexity index is 365. The number of carbonyl (C=O) groups is 1. The van der Waals surface area contributed by atoms with Crippen LogP contribution in [0.15, 0.2) is 28.7 Å². The molecule has 0 aliphatic heterocycles. The maximum Gasteiger partial charge on any atom is 0.306 e. The zero-order valence-corrected chi connectivity index (χ0v) is 12.3. The molecule has 100 valence electrons. The second kappa shape index (κ2) is 8.27. The van der Waals surface area contributed by atoms with E-state index in [2.05, 4.69) is 22.9 Å². The van der Waals surface area contributed by atoms with E-state index in [9.17, 15) is 4.79 Å². The largest absolute Gasteiger partial charge is 0.461 e. The molecule has 0 bridgehead atoms. The van der Waals surface area contributed by atoms with E-state index in [1.807, 2.05) is 24.3 Å². The van der Waals surface area contributed by atoms with Gasteiger partial charge < -0.3 is 10.5 Å². The molecule has 0 saturated heterocycles. The third-order valence-electron chi connectivity index (χ3n) is 2.81. The van der Waals surface area contributed by atoms with Crippen molar-refractivity contribution in [1.82, 2.24) is 0 Å². The summed E-state index contributed by atoms with van der Waals surface area (Å²) >= 11 is 3.36. The number of nitrogens with two attached hydrogens (primary N) is 1. The average Bonchev–Trinajstić information content (AvgIpc) is 2.36. The number of halogens is 1. The third-order valence-corrected chi connectivity index (χ3v) is 3.34. The Morgan fingerprint density at radius 3 is 2.61 bits per heavy atom. The van der Waals surface area contributed by atoms with Gasteiger partial charge in [-0.25, -0.2) is 0 Å². The minimum absolute atomic E-state index is 0.137. The predicted octanol–water partition coefficient (Wildman–Crippen LogP) is 3.26. The van der Waals surface area contributed by atoms with Crippen LogP contribution in [0.1, 0.15) is 31.7 Å². The molecule has 0 heterocycles. The van der Waals surface area contributed by atoms with Gasteiger partial charge >= 0.3 is 5.97 Å². The van der Waals surface area contributed by atoms with Gasteiger partial charge in [0.1, 0.15) is 6.61 Å². The molecule has 4 heteroatoms. The van der Waals surface area contributed by atoms with E-state index in [1.165, 1.54) is 0 Å². The van der Waals surface area contributed by atoms with Gasteiger partial charge in [0.2, 0.25) is 0 Å². The number of hydrogen-bond acceptors (Lipinski definition) is 3. The van der Waals surface area contributed by atoms with E-state index in [1.54, 1.807) is 0 Å². The molecular weight excluding hydrogens is 294 g/mol. The molecular formula is C14H20BrNO2. The highest BCUT2D eigenvalue weighted by atomic mass is 79.9. The zero-order chi connectivity index (χ0) is 13.4. The Balaban J connectivity index is 2.22. The van der Waals surface area contributed by atoms with Gasteiger partial charge in [0.05, 0.1) is 0 Å². The lowest BCUT2D eigenvalue weighted by Crippen LogP contribution is -2.10. The first-order valence-electron chi connectivity index (χ1n) is 6.22. The van der Waals surface area contributed by atoms with E-state index in [0.29, 0.717) is 25.5 Å². The summed E-state index contributed by atoms with van der Waals surface area (Å²) in [6.07, 6.45) is 2.27. The van der Waals surface area contributed by atoms with Gasteiger partial charge in [-0.1, -0.05) is 35.0 Å². The fraction of sp³-hybridized carbons (Fsp3) is 0.500. The summed E-state index contributed by atoms with van der Waals surface area (Å²) in [6.45, 7) is 3.13. The van der Waals surface area contributed by atoms with Gasteiger partial charge in [-0.15, -0.1) is 0 Å². The second-order valence-corrected chi connectivity index (χ2v) is 5.42. The number of carbonyl (C=O) groups excluding carboxylic acids is 1. The topological polar surface area (TPSA) is 52.3 Å². The van der Waals surface area contributed by atoms with Crippen molar-refractivity contribution in [2.24, 2.45) is 11.7 Å². The number of hydrogen-bond donors (Lipinski definition) is 1. The van der Waals surface area contributed by atoms with E-state index >= 15 is 0 Å². The van der Waals surface area contributed by atoms with Crippen molar-refractivity contribution in [1.29, 1.82) is 0 Å². The Morgan fingerprint density at radius 1 is 1.33 bits per heavy atom. The van der Waals surface area contributed by atoms with Crippen molar-refractivity contribution in [3.63, 3.8) is 0 Å². The summed E-state index contributed by atoms with van der Waals surface area (Å²) < 4.78 is 6.23. The van der Waals surface area contributed by atoms with Gasteiger partial charge in [-0.05, 0) is 43.0 Å². The molecule has 0 aliphatic rings. The molecule has 0 aromatic heterocycles. The van der Waals surface area contributed by atoms with Crippen molar-refractivity contribution in [2.45, 2.75) is 32.8 Å². The van der Waals surface area contributed by atoms with E-state index in [0.717, 1.165) is 22.9 Å². The van der Waals surface area contributed by atoms with Crippen molar-refractivity contribution >= 4 is 21.9 Å². The predicted molar refractivity (Wildman–Crippen MR) is 76.0 cm³/mol. The molecule has 0 radical (unpaired) electrons. The molecule has 0 saturated carbocycles. The summed E-state index contributed by atoms with van der Waals surface area (Å²) in [7, 11) is 0. The van der Waals surface area contributed by atoms with Crippen LogP contribution in [0.5, 0.6) is 0 Å². The van der Waals surface area contributed by atoms with Gasteiger partial charge in [0, 0.05) is 10.9 Å². The first kappa shape index (κ1) is 15.2. The highest BCUT2D eigenvalue weighted by Crippen LogP contribution is 2.13. The average molecular weight is 314 g/mol. The monoisotopic (exact) mass is 313 g/mol. The summed E-state index contributed by atoms with van der Waals surface area (Å²) in [4.78, 5) is 11.5. The lowest BCUT2D eigenvalue weighted by Gasteiger charge is -2.09. The minimum atomic E-state index is -0.137. The first-order valence-corrected chi connectivity index (χ1v) is 7.01. The van der Waals surface area contributed by atoms with Crippen LogP contribution in [0.25, 0.3) is 0 Å². The van der Waals surface area contributed by atoms with Crippen molar-refractivity contribution in [3.8, 4) is 0 Å². The molecule has 1 unspecified atom stereocenters. The molecule has 1 aromatic carbocycles.